The maximum Gasteiger partial charge on any atom is 0.418 e. The molecule has 2 aromatic heterocycles. The molecule has 0 spiro atoms. The average molecular weight is 577 g/mol. The van der Waals surface area contributed by atoms with E-state index in [1.54, 1.807) is 13.8 Å². The number of carbonyl (C=O) groups is 4. The van der Waals surface area contributed by atoms with Crippen molar-refractivity contribution in [3.8, 4) is 5.75 Å². The van der Waals surface area contributed by atoms with Crippen LogP contribution in [0.4, 0.5) is 23.8 Å². The monoisotopic (exact) mass is 576 g/mol. The Hall–Kier alpha value is -4.27. The van der Waals surface area contributed by atoms with E-state index in [4.69, 9.17) is 4.74 Å². The van der Waals surface area contributed by atoms with Gasteiger partial charge in [-0.15, -0.1) is 11.3 Å². The quantitative estimate of drug-likeness (QED) is 0.395. The van der Waals surface area contributed by atoms with Gasteiger partial charge in [0.1, 0.15) is 22.6 Å². The molecule has 15 heteroatoms. The number of nitrogens with one attached hydrogen (secondary N) is 3. The van der Waals surface area contributed by atoms with Crippen molar-refractivity contribution in [2.45, 2.75) is 51.0 Å². The number of anilines is 1. The number of piperidine rings is 1. The Morgan fingerprint density at radius 3 is 2.60 bits per heavy atom. The molecule has 4 heterocycles. The molecule has 1 atom stereocenters. The second-order valence-electron chi connectivity index (χ2n) is 9.83. The summed E-state index contributed by atoms with van der Waals surface area (Å²) in [7, 11) is 1.27. The number of carbonyl (C=O) groups excluding carboxylic acids is 4. The zero-order valence-corrected chi connectivity index (χ0v) is 22.2. The van der Waals surface area contributed by atoms with Crippen LogP contribution in [0, 0.1) is 0 Å². The first-order chi connectivity index (χ1) is 18.8. The van der Waals surface area contributed by atoms with Crippen molar-refractivity contribution in [3.63, 3.8) is 0 Å². The number of halogens is 3. The SMILES string of the molecule is COc1cc(C(F)(F)F)c2nc(C(C)(C)NC(=O)Nc3ccc4c(n3)CN(C3CCC(=O)NC3=O)C4=O)sc2c1. The van der Waals surface area contributed by atoms with E-state index in [1.165, 1.54) is 30.2 Å². The van der Waals surface area contributed by atoms with E-state index in [-0.39, 0.29) is 51.7 Å². The lowest BCUT2D eigenvalue weighted by molar-refractivity contribution is -0.137. The summed E-state index contributed by atoms with van der Waals surface area (Å²) in [4.78, 5) is 59.2. The fourth-order valence-electron chi connectivity index (χ4n) is 4.60. The summed E-state index contributed by atoms with van der Waals surface area (Å²) in [5.74, 6) is -1.18. The lowest BCUT2D eigenvalue weighted by Crippen LogP contribution is -2.52. The minimum atomic E-state index is -4.65. The summed E-state index contributed by atoms with van der Waals surface area (Å²) in [6.45, 7) is 3.22. The van der Waals surface area contributed by atoms with Gasteiger partial charge >= 0.3 is 12.2 Å². The molecule has 1 aromatic carbocycles. The number of rotatable bonds is 5. The summed E-state index contributed by atoms with van der Waals surface area (Å²) >= 11 is 0.997. The van der Waals surface area contributed by atoms with Crippen molar-refractivity contribution in [3.05, 3.63) is 46.1 Å². The van der Waals surface area contributed by atoms with Gasteiger partial charge in [0.2, 0.25) is 11.8 Å². The Kier molecular flexibility index (Phi) is 6.64. The minimum Gasteiger partial charge on any atom is -0.497 e. The van der Waals surface area contributed by atoms with Crippen molar-refractivity contribution < 1.29 is 37.1 Å². The van der Waals surface area contributed by atoms with Crippen LogP contribution in [0.5, 0.6) is 5.75 Å². The molecular weight excluding hydrogens is 553 g/mol. The predicted molar refractivity (Wildman–Crippen MR) is 137 cm³/mol. The largest absolute Gasteiger partial charge is 0.497 e. The second kappa shape index (κ2) is 9.73. The van der Waals surface area contributed by atoms with Crippen LogP contribution in [0.3, 0.4) is 0 Å². The first-order valence-electron chi connectivity index (χ1n) is 12.1. The van der Waals surface area contributed by atoms with Crippen LogP contribution < -0.4 is 20.7 Å². The topological polar surface area (TPSA) is 143 Å². The maximum atomic E-state index is 13.6. The molecule has 1 saturated heterocycles. The third-order valence-corrected chi connectivity index (χ3v) is 7.91. The highest BCUT2D eigenvalue weighted by Crippen LogP contribution is 2.41. The van der Waals surface area contributed by atoms with Crippen LogP contribution >= 0.6 is 11.3 Å². The second-order valence-corrected chi connectivity index (χ2v) is 10.9. The molecule has 0 radical (unpaired) electrons. The molecule has 5 amide bonds. The molecule has 210 valence electrons. The molecular formula is C25H23F3N6O5S. The van der Waals surface area contributed by atoms with Crippen LogP contribution in [0.15, 0.2) is 24.3 Å². The van der Waals surface area contributed by atoms with Crippen molar-refractivity contribution in [2.24, 2.45) is 0 Å². The van der Waals surface area contributed by atoms with Gasteiger partial charge in [-0.25, -0.2) is 14.8 Å². The number of hydrogen-bond acceptors (Lipinski definition) is 8. The molecule has 2 aliphatic heterocycles. The number of urea groups is 1. The van der Waals surface area contributed by atoms with Crippen LogP contribution in [0.2, 0.25) is 0 Å². The fourth-order valence-corrected chi connectivity index (χ4v) is 5.67. The molecule has 2 aliphatic rings. The third-order valence-electron chi connectivity index (χ3n) is 6.58. The van der Waals surface area contributed by atoms with E-state index >= 15 is 0 Å². The fraction of sp³-hybridized carbons (Fsp3) is 0.360. The van der Waals surface area contributed by atoms with E-state index < -0.39 is 47.1 Å². The molecule has 0 saturated carbocycles. The number of fused-ring (bicyclic) bond motifs is 2. The Morgan fingerprint density at radius 1 is 1.18 bits per heavy atom. The van der Waals surface area contributed by atoms with Gasteiger partial charge < -0.3 is 15.0 Å². The van der Waals surface area contributed by atoms with E-state index in [0.717, 1.165) is 17.4 Å². The molecule has 1 unspecified atom stereocenters. The number of nitrogens with zero attached hydrogens (tertiary/aromatic N) is 3. The number of hydrogen-bond donors (Lipinski definition) is 3. The molecule has 3 N–H and O–H groups in total. The highest BCUT2D eigenvalue weighted by molar-refractivity contribution is 7.18. The van der Waals surface area contributed by atoms with E-state index in [2.05, 4.69) is 25.9 Å². The summed E-state index contributed by atoms with van der Waals surface area (Å²) in [6, 6.07) is 3.75. The maximum absolute atomic E-state index is 13.6. The number of imide groups is 1. The van der Waals surface area contributed by atoms with E-state index in [1.807, 2.05) is 0 Å². The van der Waals surface area contributed by atoms with Gasteiger partial charge in [0, 0.05) is 6.42 Å². The van der Waals surface area contributed by atoms with Crippen LogP contribution in [-0.4, -0.2) is 51.8 Å². The standard InChI is InChI=1S/C25H23F3N6O5S/c1-24(2,22-32-19-13(25(26,27)28)8-11(39-3)9-16(19)40-22)33-23(38)30-17-6-4-12-14(29-17)10-34(21(12)37)15-5-7-18(35)31-20(15)36/h4,6,8-9,15H,5,7,10H2,1-3H3,(H,31,35,36)(H2,29,30,33,38). The predicted octanol–water partition coefficient (Wildman–Crippen LogP) is 3.54. The minimum absolute atomic E-state index is 0.0276. The smallest absolute Gasteiger partial charge is 0.418 e. The molecule has 5 rings (SSSR count). The van der Waals surface area contributed by atoms with Gasteiger partial charge in [-0.1, -0.05) is 0 Å². The van der Waals surface area contributed by atoms with Crippen LogP contribution in [0.25, 0.3) is 10.2 Å². The van der Waals surface area contributed by atoms with Crippen LogP contribution in [-0.2, 0) is 27.8 Å². The number of aromatic nitrogens is 2. The van der Waals surface area contributed by atoms with Crippen molar-refractivity contribution in [1.82, 2.24) is 25.5 Å². The van der Waals surface area contributed by atoms with Gasteiger partial charge in [-0.2, -0.15) is 13.2 Å². The van der Waals surface area contributed by atoms with Gasteiger partial charge in [0.15, 0.2) is 0 Å². The Bertz CT molecular complexity index is 1570. The van der Waals surface area contributed by atoms with Gasteiger partial charge in [-0.3, -0.25) is 25.0 Å². The van der Waals surface area contributed by atoms with E-state index in [0.29, 0.717) is 5.69 Å². The number of pyridine rings is 1. The summed E-state index contributed by atoms with van der Waals surface area (Å²) in [5, 5.41) is 7.74. The number of benzene rings is 1. The van der Waals surface area contributed by atoms with Crippen molar-refractivity contribution >= 4 is 51.1 Å². The Balaban J connectivity index is 1.31. The van der Waals surface area contributed by atoms with Gasteiger partial charge in [0.25, 0.3) is 5.91 Å². The third kappa shape index (κ3) is 5.03. The molecule has 3 aromatic rings. The number of alkyl halides is 3. The van der Waals surface area contributed by atoms with Gasteiger partial charge in [-0.05, 0) is 44.5 Å². The lowest BCUT2D eigenvalue weighted by atomic mass is 10.0. The lowest BCUT2D eigenvalue weighted by Gasteiger charge is -2.29. The number of amides is 5. The summed E-state index contributed by atoms with van der Waals surface area (Å²) in [5.41, 5.74) is -1.71. The Morgan fingerprint density at radius 2 is 1.93 bits per heavy atom. The first kappa shape index (κ1) is 27.3. The van der Waals surface area contributed by atoms with E-state index in [9.17, 15) is 32.3 Å². The molecule has 40 heavy (non-hydrogen) atoms. The zero-order valence-electron chi connectivity index (χ0n) is 21.4. The molecule has 11 nitrogen and oxygen atoms in total. The Labute approximate surface area is 229 Å². The number of methoxy groups -OCH3 is 1. The number of thiazole rings is 1. The first-order valence-corrected chi connectivity index (χ1v) is 12.9. The normalized spacial score (nSPS) is 17.6. The van der Waals surface area contributed by atoms with Crippen molar-refractivity contribution in [1.29, 1.82) is 0 Å². The molecule has 1 fully saturated rings. The average Bonchev–Trinajstić information content (AvgIpc) is 3.44. The summed E-state index contributed by atoms with van der Waals surface area (Å²) < 4.78 is 46.2. The number of ether oxygens (including phenoxy) is 1. The highest BCUT2D eigenvalue weighted by atomic mass is 32.1. The zero-order chi connectivity index (χ0) is 29.0. The van der Waals surface area contributed by atoms with Crippen LogP contribution in [0.1, 0.15) is 53.3 Å². The molecule has 0 aliphatic carbocycles. The highest BCUT2D eigenvalue weighted by Gasteiger charge is 2.40. The van der Waals surface area contributed by atoms with Crippen molar-refractivity contribution in [2.75, 3.05) is 12.4 Å². The summed E-state index contributed by atoms with van der Waals surface area (Å²) in [6.07, 6.45) is -4.33. The molecule has 0 bridgehead atoms. The van der Waals surface area contributed by atoms with Gasteiger partial charge in [0.05, 0.1) is 46.2 Å².